The Labute approximate surface area is 72.9 Å². The molecule has 0 bridgehead atoms. The van der Waals surface area contributed by atoms with E-state index in [1.807, 2.05) is 6.92 Å². The Morgan fingerprint density at radius 1 is 1.58 bits per heavy atom. The van der Waals surface area contributed by atoms with Crippen molar-refractivity contribution in [2.24, 2.45) is 5.73 Å². The largest absolute Gasteiger partial charge is 0.454 e. The van der Waals surface area contributed by atoms with E-state index in [0.29, 0.717) is 6.42 Å². The van der Waals surface area contributed by atoms with Gasteiger partial charge < -0.3 is 15.8 Å². The zero-order valence-corrected chi connectivity index (χ0v) is 7.53. The Morgan fingerprint density at radius 3 is 2.42 bits per heavy atom. The van der Waals surface area contributed by atoms with Gasteiger partial charge in [0.25, 0.3) is 0 Å². The predicted molar refractivity (Wildman–Crippen MR) is 47.5 cm³/mol. The smallest absolute Gasteiger partial charge is 0.427 e. The second kappa shape index (κ2) is 5.29. The lowest BCUT2D eigenvalue weighted by molar-refractivity contribution is -0.120. The van der Waals surface area contributed by atoms with Gasteiger partial charge in [-0.25, -0.2) is 0 Å². The van der Waals surface area contributed by atoms with Gasteiger partial charge >= 0.3 is 7.12 Å². The first-order valence-corrected chi connectivity index (χ1v) is 4.13. The van der Waals surface area contributed by atoms with Gasteiger partial charge in [-0.05, 0) is 12.2 Å². The fourth-order valence-corrected chi connectivity index (χ4v) is 0.802. The lowest BCUT2D eigenvalue weighted by Gasteiger charge is -2.11. The lowest BCUT2D eigenvalue weighted by atomic mass is 9.71. The highest BCUT2D eigenvalue weighted by molar-refractivity contribution is 6.43. The highest BCUT2D eigenvalue weighted by Crippen LogP contribution is 2.12. The lowest BCUT2D eigenvalue weighted by Crippen LogP contribution is -2.32. The van der Waals surface area contributed by atoms with Crippen LogP contribution in [0.3, 0.4) is 0 Å². The van der Waals surface area contributed by atoms with Crippen LogP contribution in [-0.2, 0) is 4.79 Å². The monoisotopic (exact) mass is 173 g/mol. The van der Waals surface area contributed by atoms with Gasteiger partial charge in [0, 0.05) is 6.42 Å². The summed E-state index contributed by atoms with van der Waals surface area (Å²) in [6.07, 6.45) is 0.722. The van der Waals surface area contributed by atoms with Crippen molar-refractivity contribution in [3.63, 3.8) is 0 Å². The molecule has 0 aromatic heterocycles. The van der Waals surface area contributed by atoms with E-state index < -0.39 is 19.0 Å². The molecule has 0 saturated heterocycles. The van der Waals surface area contributed by atoms with Crippen LogP contribution in [0.4, 0.5) is 0 Å². The van der Waals surface area contributed by atoms with Crippen LogP contribution in [0.2, 0.25) is 5.82 Å². The van der Waals surface area contributed by atoms with Gasteiger partial charge in [-0.2, -0.15) is 0 Å². The zero-order valence-electron chi connectivity index (χ0n) is 7.53. The Hall–Kier alpha value is -0.385. The second-order valence-electron chi connectivity index (χ2n) is 3.08. The topological polar surface area (TPSA) is 83.6 Å². The SMILES string of the molecule is CCC(N)C(=O)C[C@@H](C)B(O)O. The van der Waals surface area contributed by atoms with Crippen LogP contribution in [0.5, 0.6) is 0 Å². The summed E-state index contributed by atoms with van der Waals surface area (Å²) in [5.74, 6) is -0.548. The number of rotatable bonds is 5. The van der Waals surface area contributed by atoms with Gasteiger partial charge in [0.1, 0.15) is 5.78 Å². The quantitative estimate of drug-likeness (QED) is 0.491. The van der Waals surface area contributed by atoms with Crippen LogP contribution in [0.15, 0.2) is 0 Å². The van der Waals surface area contributed by atoms with Crippen LogP contribution in [0.25, 0.3) is 0 Å². The molecule has 0 aliphatic rings. The van der Waals surface area contributed by atoms with E-state index >= 15 is 0 Å². The molecule has 4 nitrogen and oxygen atoms in total. The highest BCUT2D eigenvalue weighted by atomic mass is 16.4. The molecule has 5 heteroatoms. The van der Waals surface area contributed by atoms with Crippen molar-refractivity contribution in [3.8, 4) is 0 Å². The van der Waals surface area contributed by atoms with E-state index in [0.717, 1.165) is 0 Å². The van der Waals surface area contributed by atoms with E-state index in [9.17, 15) is 4.79 Å². The minimum Gasteiger partial charge on any atom is -0.427 e. The third kappa shape index (κ3) is 3.85. The number of ketones is 1. The van der Waals surface area contributed by atoms with Gasteiger partial charge in [-0.15, -0.1) is 0 Å². The van der Waals surface area contributed by atoms with Crippen LogP contribution >= 0.6 is 0 Å². The molecule has 4 N–H and O–H groups in total. The first-order chi connectivity index (χ1) is 5.49. The van der Waals surface area contributed by atoms with Gasteiger partial charge in [0.05, 0.1) is 6.04 Å². The molecule has 0 aliphatic heterocycles. The molecular weight excluding hydrogens is 157 g/mol. The molecule has 0 fully saturated rings. The minimum absolute atomic E-state index is 0.113. The molecule has 0 rings (SSSR count). The molecule has 0 heterocycles. The first kappa shape index (κ1) is 11.6. The van der Waals surface area contributed by atoms with E-state index in [-0.39, 0.29) is 12.2 Å². The van der Waals surface area contributed by atoms with Crippen molar-refractivity contribution in [1.29, 1.82) is 0 Å². The van der Waals surface area contributed by atoms with Crippen molar-refractivity contribution in [2.45, 2.75) is 38.5 Å². The molecule has 12 heavy (non-hydrogen) atoms. The number of carbonyl (C=O) groups excluding carboxylic acids is 1. The Balaban J connectivity index is 3.84. The predicted octanol–water partition coefficient (Wildman–Crippen LogP) is -0.454. The van der Waals surface area contributed by atoms with Crippen molar-refractivity contribution in [2.75, 3.05) is 0 Å². The number of carbonyl (C=O) groups is 1. The van der Waals surface area contributed by atoms with Crippen LogP contribution < -0.4 is 5.73 Å². The van der Waals surface area contributed by atoms with Crippen LogP contribution in [0.1, 0.15) is 26.7 Å². The normalized spacial score (nSPS) is 15.4. The highest BCUT2D eigenvalue weighted by Gasteiger charge is 2.23. The van der Waals surface area contributed by atoms with E-state index in [2.05, 4.69) is 0 Å². The van der Waals surface area contributed by atoms with Gasteiger partial charge in [-0.3, -0.25) is 4.79 Å². The summed E-state index contributed by atoms with van der Waals surface area (Å²) < 4.78 is 0. The maximum Gasteiger partial charge on any atom is 0.454 e. The number of Topliss-reactive ketones (excluding diaryl/α,β-unsaturated/α-hetero) is 1. The number of nitrogens with two attached hydrogens (primary N) is 1. The van der Waals surface area contributed by atoms with Crippen molar-refractivity contribution < 1.29 is 14.8 Å². The molecule has 2 atom stereocenters. The summed E-state index contributed by atoms with van der Waals surface area (Å²) in [6, 6.07) is -0.466. The third-order valence-electron chi connectivity index (χ3n) is 1.89. The molecule has 70 valence electrons. The van der Waals surface area contributed by atoms with Crippen LogP contribution in [0, 0.1) is 0 Å². The molecule has 0 saturated carbocycles. The summed E-state index contributed by atoms with van der Waals surface area (Å²) in [5, 5.41) is 17.4. The summed E-state index contributed by atoms with van der Waals surface area (Å²) in [7, 11) is -1.43. The molecule has 1 unspecified atom stereocenters. The Morgan fingerprint density at radius 2 is 2.08 bits per heavy atom. The molecule has 0 spiro atoms. The third-order valence-corrected chi connectivity index (χ3v) is 1.89. The fraction of sp³-hybridized carbons (Fsp3) is 0.857. The maximum atomic E-state index is 11.1. The Kier molecular flexibility index (Phi) is 5.12. The maximum absolute atomic E-state index is 11.1. The van der Waals surface area contributed by atoms with Gasteiger partial charge in [0.15, 0.2) is 0 Å². The standard InChI is InChI=1S/C7H16BNO3/c1-3-6(9)7(10)4-5(2)8(11)12/h5-6,11-12H,3-4,9H2,1-2H3/t5-,6?/m1/s1. The molecule has 0 radical (unpaired) electrons. The van der Waals surface area contributed by atoms with Crippen LogP contribution in [-0.4, -0.2) is 29.0 Å². The van der Waals surface area contributed by atoms with E-state index in [4.69, 9.17) is 15.8 Å². The summed E-state index contributed by atoms with van der Waals surface area (Å²) in [4.78, 5) is 11.1. The first-order valence-electron chi connectivity index (χ1n) is 4.13. The number of hydrogen-bond donors (Lipinski definition) is 3. The van der Waals surface area contributed by atoms with E-state index in [1.54, 1.807) is 6.92 Å². The molecular formula is C7H16BNO3. The zero-order chi connectivity index (χ0) is 9.72. The van der Waals surface area contributed by atoms with E-state index in [1.165, 1.54) is 0 Å². The minimum atomic E-state index is -1.43. The second-order valence-corrected chi connectivity index (χ2v) is 3.08. The average Bonchev–Trinajstić information content (AvgIpc) is 2.02. The molecule has 0 aromatic carbocycles. The fourth-order valence-electron chi connectivity index (χ4n) is 0.802. The van der Waals surface area contributed by atoms with Crippen molar-refractivity contribution in [3.05, 3.63) is 0 Å². The summed E-state index contributed by atoms with van der Waals surface area (Å²) in [5.41, 5.74) is 5.45. The van der Waals surface area contributed by atoms with Crippen molar-refractivity contribution in [1.82, 2.24) is 0 Å². The average molecular weight is 173 g/mol. The molecule has 0 aromatic rings. The van der Waals surface area contributed by atoms with Gasteiger partial charge in [-0.1, -0.05) is 13.8 Å². The Bertz CT molecular complexity index is 152. The van der Waals surface area contributed by atoms with Crippen molar-refractivity contribution >= 4 is 12.9 Å². The molecule has 0 amide bonds. The van der Waals surface area contributed by atoms with Gasteiger partial charge in [0.2, 0.25) is 0 Å². The molecule has 0 aliphatic carbocycles. The summed E-state index contributed by atoms with van der Waals surface area (Å²) in [6.45, 7) is 3.42. The number of hydrogen-bond acceptors (Lipinski definition) is 4. The summed E-state index contributed by atoms with van der Waals surface area (Å²) >= 11 is 0.